The number of alkyl halides is 2. The molecule has 1 unspecified atom stereocenters. The largest absolute Gasteiger partial charge is 0.369 e. The molecule has 6 heteroatoms. The van der Waals surface area contributed by atoms with Gasteiger partial charge in [-0.2, -0.15) is 0 Å². The second-order valence-electron chi connectivity index (χ2n) is 8.69. The number of aryl methyl sites for hydroxylation is 1. The molecule has 0 spiro atoms. The maximum absolute atomic E-state index is 13.9. The zero-order valence-corrected chi connectivity index (χ0v) is 18.1. The summed E-state index contributed by atoms with van der Waals surface area (Å²) in [5.41, 5.74) is 4.08. The van der Waals surface area contributed by atoms with E-state index in [-0.39, 0.29) is 19.4 Å². The Morgan fingerprint density at radius 2 is 2.03 bits per heavy atom. The Labute approximate surface area is 182 Å². The van der Waals surface area contributed by atoms with Gasteiger partial charge in [-0.3, -0.25) is 0 Å². The lowest BCUT2D eigenvalue weighted by Gasteiger charge is -2.28. The summed E-state index contributed by atoms with van der Waals surface area (Å²) >= 11 is 0. The third-order valence-electron chi connectivity index (χ3n) is 5.97. The lowest BCUT2D eigenvalue weighted by Crippen LogP contribution is -2.29. The van der Waals surface area contributed by atoms with E-state index in [2.05, 4.69) is 22.1 Å². The Hall–Kier alpha value is -2.65. The van der Waals surface area contributed by atoms with Crippen LogP contribution in [0.2, 0.25) is 0 Å². The van der Waals surface area contributed by atoms with E-state index < -0.39 is 12.2 Å². The minimum atomic E-state index is -2.65. The van der Waals surface area contributed by atoms with Gasteiger partial charge < -0.3 is 15.3 Å². The Bertz CT molecular complexity index is 1010. The Morgan fingerprint density at radius 3 is 2.77 bits per heavy atom. The number of aromatic nitrogens is 1. The van der Waals surface area contributed by atoms with Crippen LogP contribution in [0.15, 0.2) is 30.5 Å². The molecule has 2 aromatic rings. The molecule has 0 amide bonds. The van der Waals surface area contributed by atoms with Crippen molar-refractivity contribution in [3.05, 3.63) is 52.7 Å². The first-order chi connectivity index (χ1) is 14.8. The molecule has 2 aliphatic rings. The second kappa shape index (κ2) is 8.84. The van der Waals surface area contributed by atoms with Crippen LogP contribution in [-0.2, 0) is 0 Å². The highest BCUT2D eigenvalue weighted by Crippen LogP contribution is 2.35. The minimum Gasteiger partial charge on any atom is -0.369 e. The van der Waals surface area contributed by atoms with Gasteiger partial charge in [0.25, 0.3) is 0 Å². The van der Waals surface area contributed by atoms with Crippen molar-refractivity contribution in [2.45, 2.75) is 58.1 Å². The van der Waals surface area contributed by atoms with Crippen LogP contribution in [0.5, 0.6) is 0 Å². The van der Waals surface area contributed by atoms with E-state index in [1.807, 2.05) is 43.0 Å². The molecule has 1 saturated heterocycles. The standard InChI is InChI=1S/C25H29F2N3O/c1-17-5-3-6-21(15-17)29-24(31)22-18(2)20(10-9-19-7-8-19)16-28-23(22)30-13-4-11-25(26,27)12-14-30/h3,5-6,15-16,19,24,29,31H,4,7-8,11-14H2,1-2H3. The molecule has 1 aromatic heterocycles. The summed E-state index contributed by atoms with van der Waals surface area (Å²) in [4.78, 5) is 6.49. The molecule has 2 N–H and O–H groups in total. The van der Waals surface area contributed by atoms with Gasteiger partial charge in [0.1, 0.15) is 5.82 Å². The fourth-order valence-corrected chi connectivity index (χ4v) is 3.96. The molecule has 1 atom stereocenters. The Balaban J connectivity index is 1.69. The van der Waals surface area contributed by atoms with Gasteiger partial charge in [-0.05, 0) is 56.4 Å². The molecule has 1 aliphatic heterocycles. The van der Waals surface area contributed by atoms with Gasteiger partial charge in [-0.15, -0.1) is 0 Å². The number of nitrogens with one attached hydrogen (secondary N) is 1. The number of halogens is 2. The van der Waals surface area contributed by atoms with E-state index in [9.17, 15) is 13.9 Å². The predicted molar refractivity (Wildman–Crippen MR) is 119 cm³/mol. The molecule has 0 radical (unpaired) electrons. The third-order valence-corrected chi connectivity index (χ3v) is 5.97. The van der Waals surface area contributed by atoms with Crippen LogP contribution < -0.4 is 10.2 Å². The zero-order valence-electron chi connectivity index (χ0n) is 18.1. The number of hydrogen-bond acceptors (Lipinski definition) is 4. The minimum absolute atomic E-state index is 0.118. The predicted octanol–water partition coefficient (Wildman–Crippen LogP) is 5.19. The number of hydrogen-bond donors (Lipinski definition) is 2. The van der Waals surface area contributed by atoms with Crippen LogP contribution in [0.25, 0.3) is 0 Å². The van der Waals surface area contributed by atoms with E-state index in [1.165, 1.54) is 0 Å². The molecule has 1 saturated carbocycles. The lowest BCUT2D eigenvalue weighted by atomic mass is 10.0. The van der Waals surface area contributed by atoms with E-state index in [0.717, 1.165) is 35.2 Å². The average Bonchev–Trinajstić information content (AvgIpc) is 3.54. The first kappa shape index (κ1) is 21.6. The topological polar surface area (TPSA) is 48.4 Å². The molecule has 164 valence electrons. The van der Waals surface area contributed by atoms with E-state index in [4.69, 9.17) is 0 Å². The summed E-state index contributed by atoms with van der Waals surface area (Å²) in [7, 11) is 0. The number of anilines is 2. The normalized spacial score (nSPS) is 19.2. The first-order valence-corrected chi connectivity index (χ1v) is 11.0. The molecular formula is C25H29F2N3O. The van der Waals surface area contributed by atoms with Crippen molar-refractivity contribution in [3.63, 3.8) is 0 Å². The smallest absolute Gasteiger partial charge is 0.249 e. The highest BCUT2D eigenvalue weighted by Gasteiger charge is 2.33. The fourth-order valence-electron chi connectivity index (χ4n) is 3.96. The van der Waals surface area contributed by atoms with Crippen molar-refractivity contribution in [1.29, 1.82) is 0 Å². The van der Waals surface area contributed by atoms with Crippen molar-refractivity contribution < 1.29 is 13.9 Å². The highest BCUT2D eigenvalue weighted by atomic mass is 19.3. The summed E-state index contributed by atoms with van der Waals surface area (Å²) in [6.45, 7) is 4.60. The van der Waals surface area contributed by atoms with Crippen LogP contribution in [-0.4, -0.2) is 29.1 Å². The zero-order chi connectivity index (χ0) is 22.0. The van der Waals surface area contributed by atoms with Crippen molar-refractivity contribution in [2.75, 3.05) is 23.3 Å². The number of benzene rings is 1. The molecule has 2 fully saturated rings. The van der Waals surface area contributed by atoms with E-state index in [1.54, 1.807) is 6.20 Å². The Morgan fingerprint density at radius 1 is 1.23 bits per heavy atom. The first-order valence-electron chi connectivity index (χ1n) is 11.0. The summed E-state index contributed by atoms with van der Waals surface area (Å²) < 4.78 is 27.9. The van der Waals surface area contributed by atoms with Gasteiger partial charge in [0.2, 0.25) is 5.92 Å². The van der Waals surface area contributed by atoms with Crippen molar-refractivity contribution in [1.82, 2.24) is 4.98 Å². The summed E-state index contributed by atoms with van der Waals surface area (Å²) in [5, 5.41) is 14.3. The summed E-state index contributed by atoms with van der Waals surface area (Å²) in [5.74, 6) is 4.81. The van der Waals surface area contributed by atoms with Gasteiger partial charge in [0.15, 0.2) is 6.23 Å². The molecule has 4 rings (SSSR count). The van der Waals surface area contributed by atoms with Gasteiger partial charge in [0, 0.05) is 54.9 Å². The van der Waals surface area contributed by atoms with E-state index in [0.29, 0.717) is 30.3 Å². The molecule has 0 bridgehead atoms. The number of pyridine rings is 1. The SMILES string of the molecule is Cc1cccc(NC(O)c2c(N3CCCC(F)(F)CC3)ncc(C#CC3CC3)c2C)c1. The van der Waals surface area contributed by atoms with Gasteiger partial charge in [0.05, 0.1) is 0 Å². The van der Waals surface area contributed by atoms with Crippen LogP contribution >= 0.6 is 0 Å². The monoisotopic (exact) mass is 425 g/mol. The Kier molecular flexibility index (Phi) is 6.15. The highest BCUT2D eigenvalue weighted by molar-refractivity contribution is 5.59. The number of aliphatic hydroxyl groups excluding tert-OH is 1. The quantitative estimate of drug-likeness (QED) is 0.523. The maximum Gasteiger partial charge on any atom is 0.249 e. The lowest BCUT2D eigenvalue weighted by molar-refractivity contribution is -0.0102. The van der Waals surface area contributed by atoms with Crippen molar-refractivity contribution in [3.8, 4) is 11.8 Å². The average molecular weight is 426 g/mol. The molecular weight excluding hydrogens is 396 g/mol. The van der Waals surface area contributed by atoms with Gasteiger partial charge in [-0.25, -0.2) is 13.8 Å². The molecule has 2 heterocycles. The van der Waals surface area contributed by atoms with E-state index >= 15 is 0 Å². The van der Waals surface area contributed by atoms with Crippen LogP contribution in [0, 0.1) is 31.6 Å². The number of nitrogens with zero attached hydrogens (tertiary/aromatic N) is 2. The van der Waals surface area contributed by atoms with Crippen LogP contribution in [0.1, 0.15) is 60.6 Å². The van der Waals surface area contributed by atoms with Crippen LogP contribution in [0.4, 0.5) is 20.3 Å². The molecule has 31 heavy (non-hydrogen) atoms. The third kappa shape index (κ3) is 5.34. The molecule has 1 aliphatic carbocycles. The van der Waals surface area contributed by atoms with Crippen molar-refractivity contribution >= 4 is 11.5 Å². The van der Waals surface area contributed by atoms with Gasteiger partial charge >= 0.3 is 0 Å². The number of rotatable bonds is 4. The number of aliphatic hydroxyl groups is 1. The summed E-state index contributed by atoms with van der Waals surface area (Å²) in [6.07, 6.45) is 3.00. The maximum atomic E-state index is 13.9. The fraction of sp³-hybridized carbons (Fsp3) is 0.480. The van der Waals surface area contributed by atoms with Crippen LogP contribution in [0.3, 0.4) is 0 Å². The second-order valence-corrected chi connectivity index (χ2v) is 8.69. The van der Waals surface area contributed by atoms with Crippen molar-refractivity contribution in [2.24, 2.45) is 5.92 Å². The van der Waals surface area contributed by atoms with Gasteiger partial charge in [-0.1, -0.05) is 24.0 Å². The molecule has 1 aromatic carbocycles. The molecule has 4 nitrogen and oxygen atoms in total. The summed E-state index contributed by atoms with van der Waals surface area (Å²) in [6, 6.07) is 7.75.